The lowest BCUT2D eigenvalue weighted by molar-refractivity contribution is 0.859. The Hall–Kier alpha value is -0.630. The minimum absolute atomic E-state index is 0.346. The molecule has 2 nitrogen and oxygen atoms in total. The van der Waals surface area contributed by atoms with Gasteiger partial charge in [-0.05, 0) is 30.5 Å². The highest BCUT2D eigenvalue weighted by Gasteiger charge is 1.99. The van der Waals surface area contributed by atoms with Gasteiger partial charge in [0, 0.05) is 11.9 Å². The summed E-state index contributed by atoms with van der Waals surface area (Å²) >= 11 is 5.63. The molecule has 0 atom stereocenters. The molecule has 0 saturated heterocycles. The van der Waals surface area contributed by atoms with Crippen LogP contribution in [0.5, 0.6) is 0 Å². The molecule has 0 radical (unpaired) electrons. The van der Waals surface area contributed by atoms with E-state index in [4.69, 9.17) is 11.6 Å². The maximum absolute atomic E-state index is 5.63. The van der Waals surface area contributed by atoms with Crippen molar-refractivity contribution in [1.82, 2.24) is 9.97 Å². The monoisotopic (exact) mass is 170 g/mol. The van der Waals surface area contributed by atoms with Gasteiger partial charge in [0.2, 0.25) is 5.28 Å². The molecule has 0 unspecified atom stereocenters. The van der Waals surface area contributed by atoms with E-state index in [0.717, 1.165) is 24.1 Å². The molecule has 11 heavy (non-hydrogen) atoms. The molecule has 0 saturated carbocycles. The van der Waals surface area contributed by atoms with Gasteiger partial charge in [-0.3, -0.25) is 0 Å². The van der Waals surface area contributed by atoms with Gasteiger partial charge in [0.1, 0.15) is 0 Å². The Bertz CT molecular complexity index is 248. The first-order chi connectivity index (χ1) is 5.24. The van der Waals surface area contributed by atoms with E-state index < -0.39 is 0 Å². The van der Waals surface area contributed by atoms with Crippen LogP contribution in [0.2, 0.25) is 5.28 Å². The summed E-state index contributed by atoms with van der Waals surface area (Å²) in [5.74, 6) is 0. The molecule has 1 aromatic rings. The molecule has 0 amide bonds. The smallest absolute Gasteiger partial charge is 0.222 e. The Morgan fingerprint density at radius 1 is 1.55 bits per heavy atom. The van der Waals surface area contributed by atoms with E-state index in [1.807, 2.05) is 6.92 Å². The minimum Gasteiger partial charge on any atom is -0.226 e. The van der Waals surface area contributed by atoms with Gasteiger partial charge in [0.05, 0.1) is 0 Å². The summed E-state index contributed by atoms with van der Waals surface area (Å²) in [6, 6.07) is 0. The van der Waals surface area contributed by atoms with Gasteiger partial charge in [-0.2, -0.15) is 0 Å². The highest BCUT2D eigenvalue weighted by molar-refractivity contribution is 6.28. The topological polar surface area (TPSA) is 25.8 Å². The van der Waals surface area contributed by atoms with Crippen LogP contribution < -0.4 is 0 Å². The largest absolute Gasteiger partial charge is 0.226 e. The molecule has 0 bridgehead atoms. The summed E-state index contributed by atoms with van der Waals surface area (Å²) in [6.07, 6.45) is 3.84. The average molecular weight is 171 g/mol. The molecule has 3 heteroatoms. The van der Waals surface area contributed by atoms with Crippen LogP contribution in [0.1, 0.15) is 24.6 Å². The second kappa shape index (κ2) is 3.67. The molecule has 0 fully saturated rings. The quantitative estimate of drug-likeness (QED) is 0.637. The third-order valence-corrected chi connectivity index (χ3v) is 1.72. The molecule has 60 valence electrons. The van der Waals surface area contributed by atoms with Crippen molar-refractivity contribution in [2.24, 2.45) is 0 Å². The molecule has 1 heterocycles. The Balaban J connectivity index is 2.93. The van der Waals surface area contributed by atoms with E-state index in [1.54, 1.807) is 6.20 Å². The predicted octanol–water partition coefficient (Wildman–Crippen LogP) is 2.39. The first kappa shape index (κ1) is 8.47. The van der Waals surface area contributed by atoms with Crippen LogP contribution in [0.15, 0.2) is 6.20 Å². The molecule has 0 aromatic carbocycles. The molecular weight excluding hydrogens is 160 g/mol. The summed E-state index contributed by atoms with van der Waals surface area (Å²) in [4.78, 5) is 7.99. The molecule has 0 N–H and O–H groups in total. The summed E-state index contributed by atoms with van der Waals surface area (Å²) in [6.45, 7) is 4.12. The highest BCUT2D eigenvalue weighted by atomic mass is 35.5. The number of nitrogens with zero attached hydrogens (tertiary/aromatic N) is 2. The second-order valence-corrected chi connectivity index (χ2v) is 2.86. The molecule has 0 spiro atoms. The predicted molar refractivity (Wildman–Crippen MR) is 45.8 cm³/mol. The Labute approximate surface area is 71.6 Å². The minimum atomic E-state index is 0.346. The molecule has 0 aliphatic carbocycles. The van der Waals surface area contributed by atoms with Crippen molar-refractivity contribution in [3.8, 4) is 0 Å². The Kier molecular flexibility index (Phi) is 2.83. The first-order valence-corrected chi connectivity index (χ1v) is 4.10. The van der Waals surface area contributed by atoms with Crippen molar-refractivity contribution in [1.29, 1.82) is 0 Å². The van der Waals surface area contributed by atoms with E-state index in [1.165, 1.54) is 0 Å². The zero-order valence-corrected chi connectivity index (χ0v) is 7.52. The van der Waals surface area contributed by atoms with Crippen molar-refractivity contribution in [3.63, 3.8) is 0 Å². The summed E-state index contributed by atoms with van der Waals surface area (Å²) in [7, 11) is 0. The maximum atomic E-state index is 5.63. The Morgan fingerprint density at radius 2 is 2.27 bits per heavy atom. The van der Waals surface area contributed by atoms with E-state index in [2.05, 4.69) is 16.9 Å². The lowest BCUT2D eigenvalue weighted by Crippen LogP contribution is -1.95. The third-order valence-electron chi connectivity index (χ3n) is 1.53. The standard InChI is InChI=1S/C8H11ClN2/c1-3-4-7-6(2)5-10-8(9)11-7/h5H,3-4H2,1-2H3. The first-order valence-electron chi connectivity index (χ1n) is 3.72. The van der Waals surface area contributed by atoms with E-state index in [-0.39, 0.29) is 0 Å². The zero-order chi connectivity index (χ0) is 8.27. The van der Waals surface area contributed by atoms with Crippen LogP contribution in [-0.4, -0.2) is 9.97 Å². The van der Waals surface area contributed by atoms with Crippen LogP contribution in [0.25, 0.3) is 0 Å². The number of aryl methyl sites for hydroxylation is 2. The van der Waals surface area contributed by atoms with Gasteiger partial charge in [-0.15, -0.1) is 0 Å². The fraction of sp³-hybridized carbons (Fsp3) is 0.500. The molecule has 1 aromatic heterocycles. The van der Waals surface area contributed by atoms with E-state index in [9.17, 15) is 0 Å². The molecular formula is C8H11ClN2. The zero-order valence-electron chi connectivity index (χ0n) is 6.76. The average Bonchev–Trinajstić information content (AvgIpc) is 1.98. The van der Waals surface area contributed by atoms with Gasteiger partial charge in [-0.1, -0.05) is 13.3 Å². The van der Waals surface area contributed by atoms with Gasteiger partial charge in [0.25, 0.3) is 0 Å². The van der Waals surface area contributed by atoms with Gasteiger partial charge in [0.15, 0.2) is 0 Å². The van der Waals surface area contributed by atoms with Crippen LogP contribution in [-0.2, 0) is 6.42 Å². The lowest BCUT2D eigenvalue weighted by Gasteiger charge is -2.01. The number of aromatic nitrogens is 2. The van der Waals surface area contributed by atoms with E-state index >= 15 is 0 Å². The van der Waals surface area contributed by atoms with Crippen LogP contribution in [0.3, 0.4) is 0 Å². The van der Waals surface area contributed by atoms with Crippen molar-refractivity contribution in [3.05, 3.63) is 22.7 Å². The number of rotatable bonds is 2. The van der Waals surface area contributed by atoms with Crippen molar-refractivity contribution in [2.75, 3.05) is 0 Å². The van der Waals surface area contributed by atoms with Crippen molar-refractivity contribution >= 4 is 11.6 Å². The third kappa shape index (κ3) is 2.15. The lowest BCUT2D eigenvalue weighted by atomic mass is 10.2. The summed E-state index contributed by atoms with van der Waals surface area (Å²) in [5, 5.41) is 0.346. The van der Waals surface area contributed by atoms with E-state index in [0.29, 0.717) is 5.28 Å². The highest BCUT2D eigenvalue weighted by Crippen LogP contribution is 2.08. The second-order valence-electron chi connectivity index (χ2n) is 2.52. The van der Waals surface area contributed by atoms with Gasteiger partial charge < -0.3 is 0 Å². The maximum Gasteiger partial charge on any atom is 0.222 e. The normalized spacial score (nSPS) is 10.1. The molecule has 1 rings (SSSR count). The van der Waals surface area contributed by atoms with Crippen molar-refractivity contribution < 1.29 is 0 Å². The van der Waals surface area contributed by atoms with Crippen LogP contribution in [0.4, 0.5) is 0 Å². The van der Waals surface area contributed by atoms with Crippen molar-refractivity contribution in [2.45, 2.75) is 26.7 Å². The molecule has 0 aliphatic heterocycles. The van der Waals surface area contributed by atoms with Gasteiger partial charge >= 0.3 is 0 Å². The van der Waals surface area contributed by atoms with Crippen LogP contribution >= 0.6 is 11.6 Å². The number of hydrogen-bond donors (Lipinski definition) is 0. The number of halogens is 1. The molecule has 0 aliphatic rings. The number of hydrogen-bond acceptors (Lipinski definition) is 2. The fourth-order valence-electron chi connectivity index (χ4n) is 0.943. The fourth-order valence-corrected chi connectivity index (χ4v) is 1.09. The summed E-state index contributed by atoms with van der Waals surface area (Å²) < 4.78 is 0. The Morgan fingerprint density at radius 3 is 2.91 bits per heavy atom. The summed E-state index contributed by atoms with van der Waals surface area (Å²) in [5.41, 5.74) is 2.18. The SMILES string of the molecule is CCCc1nc(Cl)ncc1C. The van der Waals surface area contributed by atoms with Gasteiger partial charge in [-0.25, -0.2) is 9.97 Å². The van der Waals surface area contributed by atoms with Crippen LogP contribution in [0, 0.1) is 6.92 Å².